The van der Waals surface area contributed by atoms with E-state index in [9.17, 15) is 10.2 Å². The molecule has 24 heavy (non-hydrogen) atoms. The zero-order valence-corrected chi connectivity index (χ0v) is 13.6. The summed E-state index contributed by atoms with van der Waals surface area (Å²) in [6.07, 6.45) is 0. The van der Waals surface area contributed by atoms with Crippen molar-refractivity contribution in [1.82, 2.24) is 9.97 Å². The largest absolute Gasteiger partial charge is 0.504 e. The minimum Gasteiger partial charge on any atom is -0.504 e. The zero-order chi connectivity index (χ0) is 17.1. The van der Waals surface area contributed by atoms with Crippen molar-refractivity contribution in [3.05, 3.63) is 42.5 Å². The lowest BCUT2D eigenvalue weighted by Crippen LogP contribution is -2.22. The van der Waals surface area contributed by atoms with Crippen LogP contribution >= 0.6 is 0 Å². The molecule has 0 aliphatic rings. The number of likely N-dealkylation sites (N-methyl/N-ethyl adjacent to an activating group) is 1. The number of hydrogen-bond acceptors (Lipinski definition) is 6. The number of aliphatic hydroxyl groups is 1. The van der Waals surface area contributed by atoms with Crippen LogP contribution in [0.2, 0.25) is 0 Å². The van der Waals surface area contributed by atoms with E-state index in [-0.39, 0.29) is 12.4 Å². The van der Waals surface area contributed by atoms with Gasteiger partial charge < -0.3 is 19.8 Å². The number of hydrogen-bond donors (Lipinski definition) is 2. The maximum atomic E-state index is 10.4. The number of benzene rings is 2. The molecule has 124 valence electrons. The average Bonchev–Trinajstić information content (AvgIpc) is 2.61. The van der Waals surface area contributed by atoms with Crippen molar-refractivity contribution in [2.24, 2.45) is 0 Å². The first-order chi connectivity index (χ1) is 11.7. The highest BCUT2D eigenvalue weighted by Gasteiger charge is 2.16. The van der Waals surface area contributed by atoms with Gasteiger partial charge in [-0.1, -0.05) is 18.2 Å². The molecule has 0 saturated carbocycles. The van der Waals surface area contributed by atoms with Crippen LogP contribution in [0.3, 0.4) is 0 Å². The number of ether oxygens (including phenoxy) is 1. The van der Waals surface area contributed by atoms with Crippen molar-refractivity contribution in [2.45, 2.75) is 0 Å². The van der Waals surface area contributed by atoms with Gasteiger partial charge in [0.25, 0.3) is 0 Å². The number of fused-ring (bicyclic) bond motifs is 1. The molecule has 0 bridgehead atoms. The molecule has 6 nitrogen and oxygen atoms in total. The molecule has 1 aromatic heterocycles. The summed E-state index contributed by atoms with van der Waals surface area (Å²) in [5.74, 6) is 1.48. The summed E-state index contributed by atoms with van der Waals surface area (Å²) in [6, 6.07) is 12.9. The Kier molecular flexibility index (Phi) is 4.48. The Balaban J connectivity index is 2.23. The highest BCUT2D eigenvalue weighted by Crippen LogP contribution is 2.36. The second kappa shape index (κ2) is 6.72. The summed E-state index contributed by atoms with van der Waals surface area (Å²) in [5.41, 5.74) is 1.27. The van der Waals surface area contributed by atoms with Gasteiger partial charge >= 0.3 is 0 Å². The van der Waals surface area contributed by atoms with Gasteiger partial charge in [0.05, 0.1) is 24.8 Å². The monoisotopic (exact) mass is 325 g/mol. The molecule has 0 amide bonds. The molecule has 0 radical (unpaired) electrons. The minimum absolute atomic E-state index is 0.00559. The van der Waals surface area contributed by atoms with E-state index in [4.69, 9.17) is 4.74 Å². The van der Waals surface area contributed by atoms with Gasteiger partial charge in [-0.3, -0.25) is 0 Å². The zero-order valence-electron chi connectivity index (χ0n) is 13.6. The summed E-state index contributed by atoms with van der Waals surface area (Å²) in [7, 11) is 3.36. The number of aromatic nitrogens is 2. The van der Waals surface area contributed by atoms with Gasteiger partial charge in [-0.15, -0.1) is 0 Å². The third-order valence-corrected chi connectivity index (χ3v) is 3.84. The van der Waals surface area contributed by atoms with Gasteiger partial charge in [-0.25, -0.2) is 9.97 Å². The van der Waals surface area contributed by atoms with Crippen LogP contribution in [0, 0.1) is 0 Å². The molecule has 1 heterocycles. The van der Waals surface area contributed by atoms with Crippen molar-refractivity contribution in [3.8, 4) is 22.9 Å². The van der Waals surface area contributed by atoms with E-state index in [0.29, 0.717) is 29.5 Å². The number of rotatable bonds is 5. The third-order valence-electron chi connectivity index (χ3n) is 3.84. The molecule has 2 N–H and O–H groups in total. The van der Waals surface area contributed by atoms with E-state index in [0.717, 1.165) is 10.9 Å². The normalized spacial score (nSPS) is 10.8. The second-order valence-corrected chi connectivity index (χ2v) is 5.39. The van der Waals surface area contributed by atoms with Gasteiger partial charge in [-0.2, -0.15) is 0 Å². The van der Waals surface area contributed by atoms with Crippen LogP contribution in [-0.4, -0.2) is 47.5 Å². The van der Waals surface area contributed by atoms with E-state index in [1.54, 1.807) is 18.2 Å². The van der Waals surface area contributed by atoms with Gasteiger partial charge in [0.15, 0.2) is 17.3 Å². The van der Waals surface area contributed by atoms with E-state index in [1.807, 2.05) is 36.2 Å². The van der Waals surface area contributed by atoms with Crippen molar-refractivity contribution < 1.29 is 14.9 Å². The molecule has 0 spiro atoms. The van der Waals surface area contributed by atoms with Crippen molar-refractivity contribution in [2.75, 3.05) is 32.2 Å². The number of anilines is 1. The first kappa shape index (κ1) is 16.0. The van der Waals surface area contributed by atoms with Gasteiger partial charge in [0, 0.05) is 19.0 Å². The Labute approximate surface area is 140 Å². The second-order valence-electron chi connectivity index (χ2n) is 5.39. The van der Waals surface area contributed by atoms with Crippen LogP contribution in [-0.2, 0) is 0 Å². The molecular formula is C18H19N3O3. The van der Waals surface area contributed by atoms with Crippen LogP contribution in [0.15, 0.2) is 42.5 Å². The van der Waals surface area contributed by atoms with Crippen molar-refractivity contribution in [1.29, 1.82) is 0 Å². The highest BCUT2D eigenvalue weighted by molar-refractivity contribution is 5.91. The van der Waals surface area contributed by atoms with E-state index >= 15 is 0 Å². The highest BCUT2D eigenvalue weighted by atomic mass is 16.5. The average molecular weight is 325 g/mol. The number of methoxy groups -OCH3 is 1. The lowest BCUT2D eigenvalue weighted by Gasteiger charge is -2.19. The quantitative estimate of drug-likeness (QED) is 0.750. The molecule has 0 fully saturated rings. The van der Waals surface area contributed by atoms with Gasteiger partial charge in [-0.05, 0) is 24.3 Å². The summed E-state index contributed by atoms with van der Waals surface area (Å²) in [6.45, 7) is 0.471. The van der Waals surface area contributed by atoms with Crippen molar-refractivity contribution >= 4 is 16.7 Å². The summed E-state index contributed by atoms with van der Waals surface area (Å²) in [4.78, 5) is 11.0. The Morgan fingerprint density at radius 3 is 2.62 bits per heavy atom. The van der Waals surface area contributed by atoms with Crippen LogP contribution in [0.4, 0.5) is 5.82 Å². The molecule has 2 aromatic carbocycles. The smallest absolute Gasteiger partial charge is 0.168 e. The van der Waals surface area contributed by atoms with Crippen LogP contribution in [0.5, 0.6) is 11.5 Å². The number of aliphatic hydroxyl groups excluding tert-OH is 1. The fraction of sp³-hybridized carbons (Fsp3) is 0.222. The fourth-order valence-electron chi connectivity index (χ4n) is 2.59. The third kappa shape index (κ3) is 2.83. The number of para-hydroxylation sites is 2. The number of aromatic hydroxyl groups is 1. The van der Waals surface area contributed by atoms with Gasteiger partial charge in [0.1, 0.15) is 5.82 Å². The van der Waals surface area contributed by atoms with Crippen LogP contribution in [0.25, 0.3) is 22.3 Å². The predicted octanol–water partition coefficient (Wildman–Crippen LogP) is 2.44. The molecule has 3 rings (SSSR count). The first-order valence-corrected chi connectivity index (χ1v) is 7.61. The molecule has 0 unspecified atom stereocenters. The SMILES string of the molecule is COc1cccc(-c2nc(N(C)CCO)c3ccccc3n2)c1O. The maximum absolute atomic E-state index is 10.4. The van der Waals surface area contributed by atoms with E-state index in [2.05, 4.69) is 9.97 Å². The number of nitrogens with zero attached hydrogens (tertiary/aromatic N) is 3. The van der Waals surface area contributed by atoms with Crippen molar-refractivity contribution in [3.63, 3.8) is 0 Å². The predicted molar refractivity (Wildman–Crippen MR) is 93.5 cm³/mol. The minimum atomic E-state index is 0.00559. The Hall–Kier alpha value is -2.86. The van der Waals surface area contributed by atoms with Crippen LogP contribution < -0.4 is 9.64 Å². The Bertz CT molecular complexity index is 867. The lowest BCUT2D eigenvalue weighted by atomic mass is 10.1. The van der Waals surface area contributed by atoms with E-state index in [1.165, 1.54) is 7.11 Å². The fourth-order valence-corrected chi connectivity index (χ4v) is 2.59. The summed E-state index contributed by atoms with van der Waals surface area (Å²) in [5, 5.41) is 20.5. The summed E-state index contributed by atoms with van der Waals surface area (Å²) >= 11 is 0. The Morgan fingerprint density at radius 2 is 1.88 bits per heavy atom. The molecular weight excluding hydrogens is 306 g/mol. The van der Waals surface area contributed by atoms with E-state index < -0.39 is 0 Å². The van der Waals surface area contributed by atoms with Crippen LogP contribution in [0.1, 0.15) is 0 Å². The molecule has 0 aliphatic heterocycles. The molecule has 0 aliphatic carbocycles. The maximum Gasteiger partial charge on any atom is 0.168 e. The standard InChI is InChI=1S/C18H19N3O3/c1-21(10-11-22)18-12-6-3-4-8-14(12)19-17(20-18)13-7-5-9-15(24-2)16(13)23/h3-9,22-23H,10-11H2,1-2H3. The lowest BCUT2D eigenvalue weighted by molar-refractivity contribution is 0.304. The molecule has 3 aromatic rings. The molecule has 6 heteroatoms. The summed E-state index contributed by atoms with van der Waals surface area (Å²) < 4.78 is 5.16. The molecule has 0 atom stereocenters. The number of phenolic OH excluding ortho intramolecular Hbond substituents is 1. The first-order valence-electron chi connectivity index (χ1n) is 7.61. The van der Waals surface area contributed by atoms with Gasteiger partial charge in [0.2, 0.25) is 0 Å². The Morgan fingerprint density at radius 1 is 1.08 bits per heavy atom. The number of phenols is 1. The molecule has 0 saturated heterocycles. The topological polar surface area (TPSA) is 78.7 Å².